The molecule has 0 saturated carbocycles. The topological polar surface area (TPSA) is 0 Å². The van der Waals surface area contributed by atoms with E-state index in [4.69, 9.17) is 0 Å². The van der Waals surface area contributed by atoms with E-state index < -0.39 is 0 Å². The van der Waals surface area contributed by atoms with Gasteiger partial charge in [0.2, 0.25) is 0 Å². The smallest absolute Gasteiger partial charge is 1.00 e. The fraction of sp³-hybridized carbons (Fsp3) is 0. The fourth-order valence-electron chi connectivity index (χ4n) is 0.453. The average Bonchev–Trinajstić information content (AvgIpc) is 1.69. The molecule has 38 valence electrons. The number of benzene rings is 1. The Bertz CT molecular complexity index is 143. The van der Waals surface area contributed by atoms with Gasteiger partial charge in [-0.05, 0) is 5.30 Å². The van der Waals surface area contributed by atoms with Crippen LogP contribution in [0.15, 0.2) is 30.3 Å². The first-order valence-corrected chi connectivity index (χ1v) is 2.78. The van der Waals surface area contributed by atoms with Gasteiger partial charge in [0.15, 0.2) is 0 Å². The van der Waals surface area contributed by atoms with E-state index in [0.29, 0.717) is 0 Å². The van der Waals surface area contributed by atoms with E-state index in [1.807, 2.05) is 30.3 Å². The summed E-state index contributed by atoms with van der Waals surface area (Å²) in [6.45, 7) is 0. The Morgan fingerprint density at radius 2 is 1.62 bits per heavy atom. The van der Waals surface area contributed by atoms with Gasteiger partial charge in [-0.25, -0.2) is 0 Å². The van der Waals surface area contributed by atoms with E-state index in [1.165, 1.54) is 5.30 Å². The number of hydrogen-bond acceptors (Lipinski definition) is 0. The van der Waals surface area contributed by atoms with Gasteiger partial charge in [0.25, 0.3) is 0 Å². The minimum Gasteiger partial charge on any atom is -1.00 e. The minimum absolute atomic E-state index is 0. The number of rotatable bonds is 0. The Morgan fingerprint density at radius 1 is 1.12 bits per heavy atom. The third kappa shape index (κ3) is 2.84. The van der Waals surface area contributed by atoms with Crippen LogP contribution in [0.3, 0.4) is 0 Å². The van der Waals surface area contributed by atoms with Gasteiger partial charge in [-0.15, -0.1) is 9.24 Å². The van der Waals surface area contributed by atoms with E-state index in [-0.39, 0.29) is 31.0 Å². The molecule has 1 aromatic carbocycles. The van der Waals surface area contributed by atoms with Crippen molar-refractivity contribution in [3.8, 4) is 0 Å². The average molecular weight is 134 g/mol. The Kier molecular flexibility index (Phi) is 4.89. The summed E-state index contributed by atoms with van der Waals surface area (Å²) >= 11 is 0. The molecule has 0 radical (unpaired) electrons. The van der Waals surface area contributed by atoms with Gasteiger partial charge in [0.05, 0.1) is 0 Å². The van der Waals surface area contributed by atoms with Crippen molar-refractivity contribution < 1.29 is 31.0 Å². The first-order chi connectivity index (χ1) is 3.39. The van der Waals surface area contributed by atoms with Crippen LogP contribution in [0.1, 0.15) is 1.43 Å². The molecule has 1 rings (SSSR count). The Hall–Kier alpha value is 0.650. The molecule has 1 unspecified atom stereocenters. The predicted molar refractivity (Wildman–Crippen MR) is 36.9 cm³/mol. The first-order valence-electron chi connectivity index (χ1n) is 2.20. The van der Waals surface area contributed by atoms with E-state index >= 15 is 0 Å². The molecule has 0 N–H and O–H groups in total. The summed E-state index contributed by atoms with van der Waals surface area (Å²) < 4.78 is 0. The fourth-order valence-corrected chi connectivity index (χ4v) is 0.675. The second kappa shape index (κ2) is 4.52. The van der Waals surface area contributed by atoms with Crippen molar-refractivity contribution in [3.05, 3.63) is 30.3 Å². The van der Waals surface area contributed by atoms with Crippen molar-refractivity contribution in [2.75, 3.05) is 0 Å². The van der Waals surface area contributed by atoms with Crippen LogP contribution < -0.4 is 34.9 Å². The molecular formula is C6H8NaP. The van der Waals surface area contributed by atoms with Crippen LogP contribution in [0.5, 0.6) is 0 Å². The summed E-state index contributed by atoms with van der Waals surface area (Å²) in [4.78, 5) is 0. The van der Waals surface area contributed by atoms with E-state index in [1.54, 1.807) is 0 Å². The third-order valence-electron chi connectivity index (χ3n) is 0.800. The van der Waals surface area contributed by atoms with E-state index in [9.17, 15) is 0 Å². The maximum Gasteiger partial charge on any atom is 1.00 e. The predicted octanol–water partition coefficient (Wildman–Crippen LogP) is -1.70. The molecule has 0 heterocycles. The Labute approximate surface area is 75.7 Å². The van der Waals surface area contributed by atoms with Crippen LogP contribution in [0.2, 0.25) is 0 Å². The van der Waals surface area contributed by atoms with Crippen molar-refractivity contribution >= 4 is 14.5 Å². The zero-order valence-corrected chi connectivity index (χ0v) is 8.12. The molecule has 0 aliphatic carbocycles. The SMILES string of the molecule is Pc1ccccc1.[H-].[Na+]. The normalized spacial score (nSPS) is 7.62. The van der Waals surface area contributed by atoms with Gasteiger partial charge in [0, 0.05) is 0 Å². The maximum atomic E-state index is 2.63. The molecule has 8 heavy (non-hydrogen) atoms. The summed E-state index contributed by atoms with van der Waals surface area (Å²) in [5.74, 6) is 0. The van der Waals surface area contributed by atoms with Gasteiger partial charge in [-0.2, -0.15) is 0 Å². The summed E-state index contributed by atoms with van der Waals surface area (Å²) in [6, 6.07) is 10.1. The maximum absolute atomic E-state index is 2.63. The second-order valence-electron chi connectivity index (χ2n) is 1.41. The van der Waals surface area contributed by atoms with E-state index in [2.05, 4.69) is 9.24 Å². The molecule has 0 spiro atoms. The Balaban J connectivity index is 0. The third-order valence-corrected chi connectivity index (χ3v) is 1.18. The standard InChI is InChI=1S/C6H7P.Na.H/c7-6-4-2-1-3-5-6;;/h1-5H,7H2;;/q;+1;-1. The molecule has 0 bridgehead atoms. The number of hydrogen-bond donors (Lipinski definition) is 0. The minimum atomic E-state index is 0. The summed E-state index contributed by atoms with van der Waals surface area (Å²) in [6.07, 6.45) is 0. The van der Waals surface area contributed by atoms with Crippen molar-refractivity contribution in [1.82, 2.24) is 0 Å². The van der Waals surface area contributed by atoms with Gasteiger partial charge in [-0.1, -0.05) is 30.3 Å². The summed E-state index contributed by atoms with van der Waals surface area (Å²) in [5.41, 5.74) is 0. The molecule has 0 aliphatic heterocycles. The molecular weight excluding hydrogens is 126 g/mol. The molecule has 1 aromatic rings. The molecule has 0 saturated heterocycles. The zero-order chi connectivity index (χ0) is 5.11. The molecule has 0 nitrogen and oxygen atoms in total. The largest absolute Gasteiger partial charge is 1.00 e. The van der Waals surface area contributed by atoms with Crippen molar-refractivity contribution in [1.29, 1.82) is 0 Å². The monoisotopic (exact) mass is 134 g/mol. The summed E-state index contributed by atoms with van der Waals surface area (Å²) in [5, 5.41) is 1.24. The molecule has 1 atom stereocenters. The Morgan fingerprint density at radius 3 is 1.88 bits per heavy atom. The van der Waals surface area contributed by atoms with Crippen LogP contribution >= 0.6 is 9.24 Å². The van der Waals surface area contributed by atoms with Crippen LogP contribution in [-0.2, 0) is 0 Å². The van der Waals surface area contributed by atoms with Crippen LogP contribution in [-0.4, -0.2) is 0 Å². The summed E-state index contributed by atoms with van der Waals surface area (Å²) in [7, 11) is 2.63. The van der Waals surface area contributed by atoms with E-state index in [0.717, 1.165) is 0 Å². The van der Waals surface area contributed by atoms with Crippen molar-refractivity contribution in [2.45, 2.75) is 0 Å². The quantitative estimate of drug-likeness (QED) is 0.293. The van der Waals surface area contributed by atoms with Crippen LogP contribution in [0, 0.1) is 0 Å². The molecule has 0 aliphatic rings. The second-order valence-corrected chi connectivity index (χ2v) is 2.08. The molecule has 2 heteroatoms. The van der Waals surface area contributed by atoms with Gasteiger partial charge < -0.3 is 1.43 Å². The van der Waals surface area contributed by atoms with Gasteiger partial charge >= 0.3 is 29.6 Å². The van der Waals surface area contributed by atoms with Crippen molar-refractivity contribution in [3.63, 3.8) is 0 Å². The van der Waals surface area contributed by atoms with Gasteiger partial charge in [0.1, 0.15) is 0 Å². The molecule has 0 amide bonds. The zero-order valence-electron chi connectivity index (χ0n) is 5.96. The van der Waals surface area contributed by atoms with Crippen molar-refractivity contribution in [2.24, 2.45) is 0 Å². The van der Waals surface area contributed by atoms with Crippen LogP contribution in [0.4, 0.5) is 0 Å². The first kappa shape index (κ1) is 8.65. The molecule has 0 fully saturated rings. The van der Waals surface area contributed by atoms with Gasteiger partial charge in [-0.3, -0.25) is 0 Å². The molecule has 0 aromatic heterocycles. The van der Waals surface area contributed by atoms with Crippen LogP contribution in [0.25, 0.3) is 0 Å².